The Balaban J connectivity index is 2.14. The Kier molecular flexibility index (Phi) is 7.48. The van der Waals surface area contributed by atoms with Crippen molar-refractivity contribution >= 4 is 12.0 Å². The molecule has 2 amide bonds. The van der Waals surface area contributed by atoms with E-state index >= 15 is 0 Å². The van der Waals surface area contributed by atoms with E-state index in [2.05, 4.69) is 10.7 Å². The van der Waals surface area contributed by atoms with E-state index in [0.29, 0.717) is 26.3 Å². The first-order valence-corrected chi connectivity index (χ1v) is 9.23. The molecule has 1 aromatic carbocycles. The van der Waals surface area contributed by atoms with Crippen molar-refractivity contribution in [3.8, 4) is 0 Å². The molecule has 0 spiro atoms. The fraction of sp³-hybridized carbons (Fsp3) is 0.579. The number of morpholine rings is 1. The van der Waals surface area contributed by atoms with Crippen molar-refractivity contribution in [2.45, 2.75) is 45.0 Å². The van der Waals surface area contributed by atoms with Gasteiger partial charge in [0.1, 0.15) is 11.6 Å². The van der Waals surface area contributed by atoms with Crippen molar-refractivity contribution in [2.24, 2.45) is 0 Å². The van der Waals surface area contributed by atoms with E-state index in [1.165, 1.54) is 12.1 Å². The summed E-state index contributed by atoms with van der Waals surface area (Å²) in [6.45, 7) is 6.83. The summed E-state index contributed by atoms with van der Waals surface area (Å²) in [5.41, 5.74) is 1.33. The van der Waals surface area contributed by atoms with Gasteiger partial charge >= 0.3 is 12.3 Å². The molecule has 1 aliphatic heterocycles. The molecule has 1 unspecified atom stereocenters. The van der Waals surface area contributed by atoms with Crippen molar-refractivity contribution in [3.63, 3.8) is 0 Å². The maximum absolute atomic E-state index is 13.0. The molecule has 10 heteroatoms. The van der Waals surface area contributed by atoms with Gasteiger partial charge in [-0.15, -0.1) is 0 Å². The van der Waals surface area contributed by atoms with Crippen LogP contribution in [-0.4, -0.2) is 55.0 Å². The Bertz CT molecular complexity index is 713. The van der Waals surface area contributed by atoms with Crippen LogP contribution in [0.15, 0.2) is 24.3 Å². The van der Waals surface area contributed by atoms with E-state index in [0.717, 1.165) is 12.1 Å². The fourth-order valence-electron chi connectivity index (χ4n) is 2.68. The molecule has 162 valence electrons. The van der Waals surface area contributed by atoms with Gasteiger partial charge in [-0.25, -0.2) is 9.80 Å². The van der Waals surface area contributed by atoms with Crippen LogP contribution in [0.25, 0.3) is 0 Å². The molecular formula is C19H26F3N3O4. The first kappa shape index (κ1) is 23.0. The topological polar surface area (TPSA) is 79.9 Å². The molecule has 2 N–H and O–H groups in total. The lowest BCUT2D eigenvalue weighted by Crippen LogP contribution is -2.56. The van der Waals surface area contributed by atoms with Gasteiger partial charge in [-0.3, -0.25) is 10.2 Å². The molecule has 0 bridgehead atoms. The molecule has 1 aromatic rings. The van der Waals surface area contributed by atoms with Gasteiger partial charge in [0.2, 0.25) is 0 Å². The monoisotopic (exact) mass is 417 g/mol. The Hall–Kier alpha value is -2.33. The third kappa shape index (κ3) is 7.90. The predicted octanol–water partition coefficient (Wildman–Crippen LogP) is 2.50. The zero-order valence-corrected chi connectivity index (χ0v) is 16.6. The minimum Gasteiger partial charge on any atom is -0.444 e. The zero-order valence-electron chi connectivity index (χ0n) is 16.6. The standard InChI is InChI=1S/C19H26F3N3O4/c1-18(2,3)29-17(27)23-15(16(26)24-25-7-9-28-10-8-25)12-13-5-4-6-14(11-13)19(20,21)22/h4-6,11,15H,7-10,12H2,1-3H3,(H,23,27)(H,24,26). The first-order chi connectivity index (χ1) is 13.4. The third-order valence-electron chi connectivity index (χ3n) is 3.98. The number of hydrazine groups is 1. The number of nitrogens with zero attached hydrogens (tertiary/aromatic N) is 1. The lowest BCUT2D eigenvalue weighted by Gasteiger charge is -2.29. The average molecular weight is 417 g/mol. The normalized spacial score (nSPS) is 16.8. The number of ether oxygens (including phenoxy) is 2. The van der Waals surface area contributed by atoms with Crippen LogP contribution >= 0.6 is 0 Å². The van der Waals surface area contributed by atoms with E-state index in [1.807, 2.05) is 0 Å². The van der Waals surface area contributed by atoms with Gasteiger partial charge in [-0.1, -0.05) is 18.2 Å². The zero-order chi connectivity index (χ0) is 21.7. The first-order valence-electron chi connectivity index (χ1n) is 9.23. The third-order valence-corrected chi connectivity index (χ3v) is 3.98. The minimum absolute atomic E-state index is 0.126. The molecule has 0 aliphatic carbocycles. The van der Waals surface area contributed by atoms with E-state index in [4.69, 9.17) is 9.47 Å². The Morgan fingerprint density at radius 2 is 1.86 bits per heavy atom. The van der Waals surface area contributed by atoms with Crippen LogP contribution in [0.1, 0.15) is 31.9 Å². The summed E-state index contributed by atoms with van der Waals surface area (Å²) >= 11 is 0. The molecule has 0 saturated carbocycles. The molecule has 7 nitrogen and oxygen atoms in total. The fourth-order valence-corrected chi connectivity index (χ4v) is 2.68. The molecule has 2 rings (SSSR count). The van der Waals surface area contributed by atoms with Crippen molar-refractivity contribution in [1.29, 1.82) is 0 Å². The van der Waals surface area contributed by atoms with E-state index in [-0.39, 0.29) is 12.0 Å². The number of nitrogens with one attached hydrogen (secondary N) is 2. The largest absolute Gasteiger partial charge is 0.444 e. The van der Waals surface area contributed by atoms with Gasteiger partial charge < -0.3 is 14.8 Å². The second-order valence-electron chi connectivity index (χ2n) is 7.68. The smallest absolute Gasteiger partial charge is 0.416 e. The Morgan fingerprint density at radius 3 is 2.45 bits per heavy atom. The molecular weight excluding hydrogens is 391 g/mol. The summed E-state index contributed by atoms with van der Waals surface area (Å²) in [5.74, 6) is -0.546. The van der Waals surface area contributed by atoms with E-state index < -0.39 is 35.4 Å². The van der Waals surface area contributed by atoms with Crippen LogP contribution in [0.2, 0.25) is 0 Å². The van der Waals surface area contributed by atoms with Crippen LogP contribution < -0.4 is 10.7 Å². The lowest BCUT2D eigenvalue weighted by molar-refractivity contribution is -0.137. The molecule has 0 aromatic heterocycles. The summed E-state index contributed by atoms with van der Waals surface area (Å²) in [6, 6.07) is 3.54. The summed E-state index contributed by atoms with van der Waals surface area (Å²) in [4.78, 5) is 24.9. The van der Waals surface area contributed by atoms with Gasteiger partial charge in [-0.2, -0.15) is 13.2 Å². The van der Waals surface area contributed by atoms with Gasteiger partial charge in [0.25, 0.3) is 5.91 Å². The quantitative estimate of drug-likeness (QED) is 0.770. The number of carbonyl (C=O) groups excluding carboxylic acids is 2. The molecule has 1 heterocycles. The van der Waals surface area contributed by atoms with Crippen molar-refractivity contribution < 1.29 is 32.2 Å². The second kappa shape index (κ2) is 9.45. The summed E-state index contributed by atoms with van der Waals surface area (Å²) in [6.07, 6.45) is -5.45. The molecule has 1 fully saturated rings. The van der Waals surface area contributed by atoms with Gasteiger partial charge in [-0.05, 0) is 32.4 Å². The number of hydrogen-bond donors (Lipinski definition) is 2. The molecule has 0 radical (unpaired) electrons. The van der Waals surface area contributed by atoms with Gasteiger partial charge in [0.15, 0.2) is 0 Å². The Labute approximate surface area is 167 Å². The molecule has 1 saturated heterocycles. The maximum atomic E-state index is 13.0. The van der Waals surface area contributed by atoms with Crippen molar-refractivity contribution in [1.82, 2.24) is 15.8 Å². The van der Waals surface area contributed by atoms with E-state index in [9.17, 15) is 22.8 Å². The van der Waals surface area contributed by atoms with Crippen molar-refractivity contribution in [3.05, 3.63) is 35.4 Å². The number of hydrogen-bond acceptors (Lipinski definition) is 5. The number of halogens is 3. The van der Waals surface area contributed by atoms with Crippen LogP contribution in [0, 0.1) is 0 Å². The lowest BCUT2D eigenvalue weighted by atomic mass is 10.0. The number of alkyl halides is 3. The minimum atomic E-state index is -4.50. The molecule has 1 atom stereocenters. The summed E-state index contributed by atoms with van der Waals surface area (Å²) in [5, 5.41) is 4.10. The van der Waals surface area contributed by atoms with Gasteiger partial charge in [0, 0.05) is 19.5 Å². The average Bonchev–Trinajstić information content (AvgIpc) is 2.60. The van der Waals surface area contributed by atoms with E-state index in [1.54, 1.807) is 25.8 Å². The predicted molar refractivity (Wildman–Crippen MR) is 98.8 cm³/mol. The van der Waals surface area contributed by atoms with Crippen LogP contribution in [0.4, 0.5) is 18.0 Å². The van der Waals surface area contributed by atoms with Crippen LogP contribution in [-0.2, 0) is 26.9 Å². The van der Waals surface area contributed by atoms with Crippen LogP contribution in [0.3, 0.4) is 0 Å². The number of alkyl carbamates (subject to hydrolysis) is 1. The number of amides is 2. The highest BCUT2D eigenvalue weighted by Gasteiger charge is 2.31. The summed E-state index contributed by atoms with van der Waals surface area (Å²) < 4.78 is 49.3. The van der Waals surface area contributed by atoms with Crippen molar-refractivity contribution in [2.75, 3.05) is 26.3 Å². The highest BCUT2D eigenvalue weighted by atomic mass is 19.4. The SMILES string of the molecule is CC(C)(C)OC(=O)NC(Cc1cccc(C(F)(F)F)c1)C(=O)NN1CCOCC1. The van der Waals surface area contributed by atoms with Crippen LogP contribution in [0.5, 0.6) is 0 Å². The highest BCUT2D eigenvalue weighted by molar-refractivity contribution is 5.85. The molecule has 1 aliphatic rings. The van der Waals surface area contributed by atoms with Gasteiger partial charge in [0.05, 0.1) is 18.8 Å². The Morgan fingerprint density at radius 1 is 1.21 bits per heavy atom. The number of benzene rings is 1. The second-order valence-corrected chi connectivity index (χ2v) is 7.68. The number of carbonyl (C=O) groups is 2. The summed E-state index contributed by atoms with van der Waals surface area (Å²) in [7, 11) is 0. The molecule has 29 heavy (non-hydrogen) atoms. The number of rotatable bonds is 5. The maximum Gasteiger partial charge on any atom is 0.416 e. The highest BCUT2D eigenvalue weighted by Crippen LogP contribution is 2.29.